The maximum atomic E-state index is 11.9. The Kier molecular flexibility index (Phi) is 4.77. The smallest absolute Gasteiger partial charge is 0.230 e. The fourth-order valence-corrected chi connectivity index (χ4v) is 2.73. The Morgan fingerprint density at radius 1 is 1.35 bits per heavy atom. The molecule has 6 nitrogen and oxygen atoms in total. The summed E-state index contributed by atoms with van der Waals surface area (Å²) in [6, 6.07) is 11.2. The molecule has 0 aliphatic rings. The molecule has 2 aromatic heterocycles. The van der Waals surface area contributed by atoms with Gasteiger partial charge >= 0.3 is 0 Å². The van der Waals surface area contributed by atoms with Crippen LogP contribution in [0, 0.1) is 0 Å². The summed E-state index contributed by atoms with van der Waals surface area (Å²) in [5, 5.41) is 2.78. The molecule has 0 saturated carbocycles. The quantitative estimate of drug-likeness (QED) is 0.701. The zero-order valence-corrected chi connectivity index (χ0v) is 13.3. The van der Waals surface area contributed by atoms with Crippen LogP contribution in [0.3, 0.4) is 0 Å². The maximum Gasteiger partial charge on any atom is 0.230 e. The number of nitrogens with one attached hydrogen (secondary N) is 1. The Bertz CT molecular complexity index is 786. The zero-order chi connectivity index (χ0) is 16.1. The number of hydrogen-bond acceptors (Lipinski definition) is 6. The molecule has 23 heavy (non-hydrogen) atoms. The van der Waals surface area contributed by atoms with Crippen LogP contribution < -0.4 is 10.1 Å². The highest BCUT2D eigenvalue weighted by Gasteiger charge is 2.08. The van der Waals surface area contributed by atoms with Crippen molar-refractivity contribution in [3.63, 3.8) is 0 Å². The first kappa shape index (κ1) is 15.4. The van der Waals surface area contributed by atoms with Gasteiger partial charge < -0.3 is 14.5 Å². The van der Waals surface area contributed by atoms with Gasteiger partial charge in [0.05, 0.1) is 19.4 Å². The lowest BCUT2D eigenvalue weighted by Crippen LogP contribution is -2.24. The molecule has 0 unspecified atom stereocenters. The summed E-state index contributed by atoms with van der Waals surface area (Å²) in [6.07, 6.45) is 1.65. The number of rotatable bonds is 6. The summed E-state index contributed by atoms with van der Waals surface area (Å²) in [4.78, 5) is 21.2. The minimum atomic E-state index is -0.0898. The van der Waals surface area contributed by atoms with Crippen molar-refractivity contribution in [2.75, 3.05) is 12.9 Å². The van der Waals surface area contributed by atoms with Crippen molar-refractivity contribution in [3.8, 4) is 5.75 Å². The SMILES string of the molecule is COc1cccc(SCC(=O)NCc2nc3ncccc3o2)c1. The topological polar surface area (TPSA) is 77.2 Å². The van der Waals surface area contributed by atoms with E-state index in [1.54, 1.807) is 25.4 Å². The fourth-order valence-electron chi connectivity index (χ4n) is 1.95. The van der Waals surface area contributed by atoms with E-state index in [9.17, 15) is 4.79 Å². The average Bonchev–Trinajstić information content (AvgIpc) is 3.01. The van der Waals surface area contributed by atoms with Crippen LogP contribution >= 0.6 is 11.8 Å². The van der Waals surface area contributed by atoms with Crippen LogP contribution in [-0.2, 0) is 11.3 Å². The highest BCUT2D eigenvalue weighted by Crippen LogP contribution is 2.22. The molecule has 0 radical (unpaired) electrons. The lowest BCUT2D eigenvalue weighted by atomic mass is 10.3. The van der Waals surface area contributed by atoms with Gasteiger partial charge in [-0.05, 0) is 30.3 Å². The van der Waals surface area contributed by atoms with Crippen LogP contribution in [0.5, 0.6) is 5.75 Å². The van der Waals surface area contributed by atoms with Crippen LogP contribution in [0.25, 0.3) is 11.2 Å². The van der Waals surface area contributed by atoms with Gasteiger partial charge in [0.1, 0.15) is 5.75 Å². The summed E-state index contributed by atoms with van der Waals surface area (Å²) in [6.45, 7) is 0.244. The van der Waals surface area contributed by atoms with Crippen LogP contribution in [0.4, 0.5) is 0 Å². The third kappa shape index (κ3) is 4.01. The molecule has 0 bridgehead atoms. The third-order valence-corrected chi connectivity index (χ3v) is 4.05. The summed E-state index contributed by atoms with van der Waals surface area (Å²) < 4.78 is 10.7. The van der Waals surface area contributed by atoms with Crippen molar-refractivity contribution in [1.29, 1.82) is 0 Å². The highest BCUT2D eigenvalue weighted by molar-refractivity contribution is 8.00. The number of carbonyl (C=O) groups is 1. The van der Waals surface area contributed by atoms with Gasteiger partial charge in [0, 0.05) is 11.1 Å². The lowest BCUT2D eigenvalue weighted by Gasteiger charge is -2.04. The van der Waals surface area contributed by atoms with Crippen molar-refractivity contribution >= 4 is 28.9 Å². The fraction of sp³-hybridized carbons (Fsp3) is 0.188. The predicted octanol–water partition coefficient (Wildman–Crippen LogP) is 2.64. The highest BCUT2D eigenvalue weighted by atomic mass is 32.2. The number of ether oxygens (including phenoxy) is 1. The average molecular weight is 329 g/mol. The number of carbonyl (C=O) groups excluding carboxylic acids is 1. The second-order valence-electron chi connectivity index (χ2n) is 4.68. The predicted molar refractivity (Wildman–Crippen MR) is 87.4 cm³/mol. The molecular formula is C16H15N3O3S. The van der Waals surface area contributed by atoms with E-state index in [2.05, 4.69) is 15.3 Å². The molecule has 0 spiro atoms. The molecule has 0 saturated heterocycles. The minimum absolute atomic E-state index is 0.0898. The van der Waals surface area contributed by atoms with Gasteiger partial charge in [-0.3, -0.25) is 4.79 Å². The third-order valence-electron chi connectivity index (χ3n) is 3.06. The first-order valence-corrected chi connectivity index (χ1v) is 7.97. The van der Waals surface area contributed by atoms with Crippen LogP contribution in [0.15, 0.2) is 51.9 Å². The van der Waals surface area contributed by atoms with E-state index in [4.69, 9.17) is 9.15 Å². The van der Waals surface area contributed by atoms with E-state index in [1.807, 2.05) is 24.3 Å². The van der Waals surface area contributed by atoms with Gasteiger partial charge in [0.15, 0.2) is 11.2 Å². The van der Waals surface area contributed by atoms with Crippen molar-refractivity contribution in [2.45, 2.75) is 11.4 Å². The molecule has 7 heteroatoms. The molecule has 2 heterocycles. The van der Waals surface area contributed by atoms with E-state index >= 15 is 0 Å². The summed E-state index contributed by atoms with van der Waals surface area (Å²) in [7, 11) is 1.62. The summed E-state index contributed by atoms with van der Waals surface area (Å²) in [5.41, 5.74) is 1.16. The van der Waals surface area contributed by atoms with Crippen LogP contribution in [0.1, 0.15) is 5.89 Å². The molecule has 1 aromatic carbocycles. The number of benzene rings is 1. The first-order chi connectivity index (χ1) is 11.2. The first-order valence-electron chi connectivity index (χ1n) is 6.98. The Balaban J connectivity index is 1.51. The summed E-state index contributed by atoms with van der Waals surface area (Å²) >= 11 is 1.44. The van der Waals surface area contributed by atoms with E-state index in [-0.39, 0.29) is 12.5 Å². The van der Waals surface area contributed by atoms with Gasteiger partial charge in [0.25, 0.3) is 0 Å². The molecule has 0 fully saturated rings. The van der Waals surface area contributed by atoms with Gasteiger partial charge in [-0.15, -0.1) is 11.8 Å². The molecule has 3 aromatic rings. The van der Waals surface area contributed by atoms with E-state index < -0.39 is 0 Å². The van der Waals surface area contributed by atoms with Crippen LogP contribution in [-0.4, -0.2) is 28.7 Å². The van der Waals surface area contributed by atoms with E-state index in [0.29, 0.717) is 22.9 Å². The summed E-state index contributed by atoms with van der Waals surface area (Å²) in [5.74, 6) is 1.44. The number of hydrogen-bond donors (Lipinski definition) is 1. The van der Waals surface area contributed by atoms with Crippen molar-refractivity contribution in [3.05, 3.63) is 48.5 Å². The number of nitrogens with zero attached hydrogens (tertiary/aromatic N) is 2. The number of fused-ring (bicyclic) bond motifs is 1. The van der Waals surface area contributed by atoms with Crippen molar-refractivity contribution < 1.29 is 13.9 Å². The minimum Gasteiger partial charge on any atom is -0.497 e. The second kappa shape index (κ2) is 7.15. The number of aromatic nitrogens is 2. The number of pyridine rings is 1. The molecule has 3 rings (SSSR count). The van der Waals surface area contributed by atoms with Gasteiger partial charge in [-0.1, -0.05) is 6.07 Å². The second-order valence-corrected chi connectivity index (χ2v) is 5.73. The van der Waals surface area contributed by atoms with E-state index in [1.165, 1.54) is 11.8 Å². The lowest BCUT2D eigenvalue weighted by molar-refractivity contribution is -0.118. The normalized spacial score (nSPS) is 10.7. The number of amides is 1. The Morgan fingerprint density at radius 3 is 3.09 bits per heavy atom. The molecular weight excluding hydrogens is 314 g/mol. The molecule has 0 aliphatic carbocycles. The zero-order valence-electron chi connectivity index (χ0n) is 12.5. The number of oxazole rings is 1. The standard InChI is InChI=1S/C16H15N3O3S/c1-21-11-4-2-5-12(8-11)23-10-14(20)18-9-15-19-16-13(22-15)6-3-7-17-16/h2-8H,9-10H2,1H3,(H,18,20). The molecule has 0 aliphatic heterocycles. The molecule has 118 valence electrons. The van der Waals surface area contributed by atoms with Crippen molar-refractivity contribution in [2.24, 2.45) is 0 Å². The Labute approximate surface area is 137 Å². The Morgan fingerprint density at radius 2 is 2.26 bits per heavy atom. The molecule has 1 amide bonds. The monoisotopic (exact) mass is 329 g/mol. The Hall–Kier alpha value is -2.54. The van der Waals surface area contributed by atoms with Gasteiger partial charge in [0.2, 0.25) is 11.8 Å². The van der Waals surface area contributed by atoms with Gasteiger partial charge in [-0.2, -0.15) is 4.98 Å². The van der Waals surface area contributed by atoms with E-state index in [0.717, 1.165) is 10.6 Å². The number of methoxy groups -OCH3 is 1. The number of thioether (sulfide) groups is 1. The molecule has 1 N–H and O–H groups in total. The largest absolute Gasteiger partial charge is 0.497 e. The van der Waals surface area contributed by atoms with Crippen LogP contribution in [0.2, 0.25) is 0 Å². The maximum absolute atomic E-state index is 11.9. The molecule has 0 atom stereocenters. The van der Waals surface area contributed by atoms with Gasteiger partial charge in [-0.25, -0.2) is 4.98 Å². The van der Waals surface area contributed by atoms with Crippen molar-refractivity contribution in [1.82, 2.24) is 15.3 Å².